The van der Waals surface area contributed by atoms with Crippen LogP contribution in [0.5, 0.6) is 0 Å². The molecule has 2 aromatic carbocycles. The molecular weight excluding hydrogens is 239 g/mol. The van der Waals surface area contributed by atoms with Crippen molar-refractivity contribution in [2.75, 3.05) is 12.3 Å². The second-order valence-electron chi connectivity index (χ2n) is 5.09. The number of hydrogen-bond acceptors (Lipinski definition) is 2. The van der Waals surface area contributed by atoms with Crippen LogP contribution in [0.1, 0.15) is 16.7 Å². The molecule has 19 heavy (non-hydrogen) atoms. The molecule has 0 atom stereocenters. The Morgan fingerprint density at radius 1 is 1.11 bits per heavy atom. The van der Waals surface area contributed by atoms with Crippen LogP contribution in [0.25, 0.3) is 0 Å². The van der Waals surface area contributed by atoms with Crippen molar-refractivity contribution in [1.82, 2.24) is 4.90 Å². The predicted octanol–water partition coefficient (Wildman–Crippen LogP) is 2.97. The molecule has 0 saturated heterocycles. The Morgan fingerprint density at radius 2 is 1.89 bits per heavy atom. The summed E-state index contributed by atoms with van der Waals surface area (Å²) in [6, 6.07) is 13.5. The number of fused-ring (bicyclic) bond motifs is 1. The summed E-state index contributed by atoms with van der Waals surface area (Å²) in [6.07, 6.45) is 1.08. The van der Waals surface area contributed by atoms with Crippen LogP contribution in [0.3, 0.4) is 0 Å². The zero-order valence-electron chi connectivity index (χ0n) is 10.8. The first kappa shape index (κ1) is 12.2. The van der Waals surface area contributed by atoms with Gasteiger partial charge in [0.2, 0.25) is 0 Å². The molecule has 0 amide bonds. The number of nitrogen functional groups attached to an aromatic ring is 1. The van der Waals surface area contributed by atoms with Gasteiger partial charge in [-0.3, -0.25) is 4.90 Å². The lowest BCUT2D eigenvalue weighted by Gasteiger charge is -2.28. The largest absolute Gasteiger partial charge is 0.396 e. The van der Waals surface area contributed by atoms with E-state index in [-0.39, 0.29) is 11.5 Å². The number of rotatable bonds is 2. The average Bonchev–Trinajstić information content (AvgIpc) is 2.43. The predicted molar refractivity (Wildman–Crippen MR) is 75.1 cm³/mol. The van der Waals surface area contributed by atoms with Gasteiger partial charge in [-0.05, 0) is 35.2 Å². The van der Waals surface area contributed by atoms with Gasteiger partial charge in [-0.15, -0.1) is 0 Å². The minimum atomic E-state index is -0.340. The van der Waals surface area contributed by atoms with Crippen molar-refractivity contribution in [1.29, 1.82) is 0 Å². The van der Waals surface area contributed by atoms with Crippen molar-refractivity contribution in [2.45, 2.75) is 19.5 Å². The topological polar surface area (TPSA) is 29.3 Å². The first-order valence-corrected chi connectivity index (χ1v) is 6.55. The minimum Gasteiger partial charge on any atom is -0.396 e. The van der Waals surface area contributed by atoms with E-state index in [1.54, 1.807) is 6.07 Å². The first-order chi connectivity index (χ1) is 9.22. The fourth-order valence-electron chi connectivity index (χ4n) is 2.64. The van der Waals surface area contributed by atoms with Gasteiger partial charge >= 0.3 is 0 Å². The van der Waals surface area contributed by atoms with Gasteiger partial charge < -0.3 is 5.73 Å². The summed E-state index contributed by atoms with van der Waals surface area (Å²) < 4.78 is 13.1. The van der Waals surface area contributed by atoms with Crippen LogP contribution >= 0.6 is 0 Å². The Morgan fingerprint density at radius 3 is 2.68 bits per heavy atom. The number of halogens is 1. The first-order valence-electron chi connectivity index (χ1n) is 6.55. The standard InChI is InChI=1S/C16H17FN2/c17-15-6-5-12(9-16(15)18)10-19-8-7-13-3-1-2-4-14(13)11-19/h1-6,9H,7-8,10-11,18H2. The molecule has 98 valence electrons. The molecule has 0 spiro atoms. The zero-order valence-corrected chi connectivity index (χ0v) is 10.8. The normalized spacial score (nSPS) is 15.2. The highest BCUT2D eigenvalue weighted by atomic mass is 19.1. The van der Waals surface area contributed by atoms with E-state index in [0.717, 1.165) is 31.6 Å². The van der Waals surface area contributed by atoms with Gasteiger partial charge in [-0.25, -0.2) is 4.39 Å². The quantitative estimate of drug-likeness (QED) is 0.837. The van der Waals surface area contributed by atoms with E-state index in [0.29, 0.717) is 0 Å². The summed E-state index contributed by atoms with van der Waals surface area (Å²) >= 11 is 0. The maximum absolute atomic E-state index is 13.1. The fourth-order valence-corrected chi connectivity index (χ4v) is 2.64. The molecule has 0 aliphatic carbocycles. The zero-order chi connectivity index (χ0) is 13.2. The van der Waals surface area contributed by atoms with Crippen LogP contribution in [-0.2, 0) is 19.5 Å². The van der Waals surface area contributed by atoms with Gasteiger partial charge in [-0.1, -0.05) is 30.3 Å². The van der Waals surface area contributed by atoms with Crippen LogP contribution in [0.2, 0.25) is 0 Å². The van der Waals surface area contributed by atoms with Crippen LogP contribution in [0.15, 0.2) is 42.5 Å². The minimum absolute atomic E-state index is 0.231. The molecule has 0 bridgehead atoms. The van der Waals surface area contributed by atoms with E-state index in [4.69, 9.17) is 5.73 Å². The van der Waals surface area contributed by atoms with Gasteiger partial charge in [0.25, 0.3) is 0 Å². The van der Waals surface area contributed by atoms with Gasteiger partial charge in [0.05, 0.1) is 5.69 Å². The second-order valence-corrected chi connectivity index (χ2v) is 5.09. The highest BCUT2D eigenvalue weighted by molar-refractivity contribution is 5.42. The highest BCUT2D eigenvalue weighted by Gasteiger charge is 2.15. The van der Waals surface area contributed by atoms with Crippen LogP contribution in [0.4, 0.5) is 10.1 Å². The summed E-state index contributed by atoms with van der Waals surface area (Å²) in [7, 11) is 0. The van der Waals surface area contributed by atoms with E-state index < -0.39 is 0 Å². The molecule has 3 rings (SSSR count). The van der Waals surface area contributed by atoms with E-state index in [1.807, 2.05) is 6.07 Å². The van der Waals surface area contributed by atoms with Crippen molar-refractivity contribution in [3.8, 4) is 0 Å². The Bertz CT molecular complexity index is 595. The maximum atomic E-state index is 13.1. The van der Waals surface area contributed by atoms with Crippen molar-refractivity contribution in [3.05, 3.63) is 65.0 Å². The summed E-state index contributed by atoms with van der Waals surface area (Å²) in [5, 5.41) is 0. The van der Waals surface area contributed by atoms with Crippen molar-refractivity contribution < 1.29 is 4.39 Å². The van der Waals surface area contributed by atoms with E-state index in [2.05, 4.69) is 29.2 Å². The lowest BCUT2D eigenvalue weighted by molar-refractivity contribution is 0.245. The molecular formula is C16H17FN2. The molecule has 0 unspecified atom stereocenters. The molecule has 1 aliphatic rings. The molecule has 0 saturated carbocycles. The summed E-state index contributed by atoms with van der Waals surface area (Å²) in [6.45, 7) is 2.81. The monoisotopic (exact) mass is 256 g/mol. The Labute approximate surface area is 112 Å². The molecule has 2 N–H and O–H groups in total. The van der Waals surface area contributed by atoms with E-state index in [9.17, 15) is 4.39 Å². The highest BCUT2D eigenvalue weighted by Crippen LogP contribution is 2.21. The lowest BCUT2D eigenvalue weighted by Crippen LogP contribution is -2.30. The fraction of sp³-hybridized carbons (Fsp3) is 0.250. The molecule has 2 nitrogen and oxygen atoms in total. The Kier molecular flexibility index (Phi) is 3.22. The van der Waals surface area contributed by atoms with Gasteiger partial charge in [0.15, 0.2) is 0 Å². The third-order valence-corrected chi connectivity index (χ3v) is 3.68. The lowest BCUT2D eigenvalue weighted by atomic mass is 9.99. The summed E-state index contributed by atoms with van der Waals surface area (Å²) in [4.78, 5) is 2.37. The van der Waals surface area contributed by atoms with Crippen molar-refractivity contribution in [2.24, 2.45) is 0 Å². The molecule has 0 aromatic heterocycles. The number of benzene rings is 2. The van der Waals surface area contributed by atoms with Crippen molar-refractivity contribution >= 4 is 5.69 Å². The number of nitrogens with two attached hydrogens (primary N) is 1. The van der Waals surface area contributed by atoms with Crippen LogP contribution in [-0.4, -0.2) is 11.4 Å². The summed E-state index contributed by atoms with van der Waals surface area (Å²) in [5.41, 5.74) is 9.74. The van der Waals surface area contributed by atoms with Crippen LogP contribution < -0.4 is 5.73 Å². The molecule has 0 fully saturated rings. The molecule has 2 aromatic rings. The summed E-state index contributed by atoms with van der Waals surface area (Å²) in [5.74, 6) is -0.340. The van der Waals surface area contributed by atoms with Crippen molar-refractivity contribution in [3.63, 3.8) is 0 Å². The van der Waals surface area contributed by atoms with Crippen LogP contribution in [0, 0.1) is 5.82 Å². The molecule has 1 aliphatic heterocycles. The molecule has 1 heterocycles. The Balaban J connectivity index is 1.73. The van der Waals surface area contributed by atoms with Gasteiger partial charge in [0.1, 0.15) is 5.82 Å². The number of anilines is 1. The van der Waals surface area contributed by atoms with Gasteiger partial charge in [0, 0.05) is 19.6 Å². The smallest absolute Gasteiger partial charge is 0.146 e. The van der Waals surface area contributed by atoms with E-state index >= 15 is 0 Å². The SMILES string of the molecule is Nc1cc(CN2CCc3ccccc3C2)ccc1F. The maximum Gasteiger partial charge on any atom is 0.146 e. The average molecular weight is 256 g/mol. The molecule has 0 radical (unpaired) electrons. The number of hydrogen-bond donors (Lipinski definition) is 1. The second kappa shape index (κ2) is 5.02. The Hall–Kier alpha value is -1.87. The third-order valence-electron chi connectivity index (χ3n) is 3.68. The third kappa shape index (κ3) is 2.61. The van der Waals surface area contributed by atoms with E-state index in [1.165, 1.54) is 17.2 Å². The van der Waals surface area contributed by atoms with Gasteiger partial charge in [-0.2, -0.15) is 0 Å². The molecule has 3 heteroatoms. The number of nitrogens with zero attached hydrogens (tertiary/aromatic N) is 1.